The van der Waals surface area contributed by atoms with Gasteiger partial charge >= 0.3 is 51.4 Å². The summed E-state index contributed by atoms with van der Waals surface area (Å²) in [6.45, 7) is 4.39. The van der Waals surface area contributed by atoms with Crippen molar-refractivity contribution in [1.82, 2.24) is 0 Å². The second-order valence-corrected chi connectivity index (χ2v) is 10.5. The van der Waals surface area contributed by atoms with E-state index in [4.69, 9.17) is 0 Å². The van der Waals surface area contributed by atoms with Gasteiger partial charge in [-0.1, -0.05) is 117 Å². The number of hydrogen-bond donors (Lipinski definition) is 1. The Balaban J connectivity index is 0. The second kappa shape index (κ2) is 23.7. The largest absolute Gasteiger partial charge is 1.00 e. The molecule has 0 aromatic rings. The summed E-state index contributed by atoms with van der Waals surface area (Å²) < 4.78 is 34.6. The number of aliphatic hydroxyl groups excluding tert-OH is 1. The molecule has 0 spiro atoms. The molecule has 1 N–H and O–H groups in total. The van der Waals surface area contributed by atoms with Gasteiger partial charge in [-0.15, -0.1) is 0 Å². The Morgan fingerprint density at radius 2 is 0.900 bits per heavy atom. The van der Waals surface area contributed by atoms with Gasteiger partial charge in [0.05, 0.1) is 16.2 Å². The minimum atomic E-state index is -4.17. The van der Waals surface area contributed by atoms with Crippen molar-refractivity contribution in [2.24, 2.45) is 0 Å². The molecule has 4 nitrogen and oxygen atoms in total. The molecule has 0 aliphatic rings. The summed E-state index contributed by atoms with van der Waals surface area (Å²) in [5.41, 5.74) is 0. The standard InChI is InChI=1S/C24H50O4S.K/c1-3-5-7-9-10-13-17-21-24(29(26,27)28)22-18-14-11-12-16-20-23(25)19-15-8-6-4-2;/h23-25H,3-22H2,1-2H3,(H,26,27,28);/q;+1/p-1. The van der Waals surface area contributed by atoms with Crippen LogP contribution in [0.2, 0.25) is 0 Å². The third kappa shape index (κ3) is 22.7. The van der Waals surface area contributed by atoms with E-state index in [1.807, 2.05) is 0 Å². The van der Waals surface area contributed by atoms with Crippen LogP contribution in [0.5, 0.6) is 0 Å². The van der Waals surface area contributed by atoms with Crippen LogP contribution in [0.1, 0.15) is 142 Å². The van der Waals surface area contributed by atoms with Crippen LogP contribution in [0.4, 0.5) is 0 Å². The average Bonchev–Trinajstić information content (AvgIpc) is 2.67. The Bertz CT molecular complexity index is 442. The molecule has 0 aromatic heterocycles. The van der Waals surface area contributed by atoms with Gasteiger partial charge in [0.1, 0.15) is 0 Å². The van der Waals surface area contributed by atoms with Crippen molar-refractivity contribution in [2.45, 2.75) is 154 Å². The first kappa shape index (κ1) is 33.7. The summed E-state index contributed by atoms with van der Waals surface area (Å²) >= 11 is 0. The first-order valence-electron chi connectivity index (χ1n) is 12.5. The van der Waals surface area contributed by atoms with E-state index in [0.29, 0.717) is 12.8 Å². The molecule has 0 amide bonds. The molecule has 0 fully saturated rings. The van der Waals surface area contributed by atoms with Gasteiger partial charge in [0, 0.05) is 5.25 Å². The molecule has 0 rings (SSSR count). The van der Waals surface area contributed by atoms with Gasteiger partial charge in [-0.05, 0) is 25.7 Å². The topological polar surface area (TPSA) is 77.4 Å². The number of hydrogen-bond acceptors (Lipinski definition) is 4. The fourth-order valence-electron chi connectivity index (χ4n) is 4.00. The predicted molar refractivity (Wildman–Crippen MR) is 123 cm³/mol. The van der Waals surface area contributed by atoms with E-state index < -0.39 is 15.4 Å². The van der Waals surface area contributed by atoms with Crippen LogP contribution in [0.3, 0.4) is 0 Å². The summed E-state index contributed by atoms with van der Waals surface area (Å²) in [6.07, 6.45) is 20.5. The maximum atomic E-state index is 11.5. The van der Waals surface area contributed by atoms with Gasteiger partial charge in [-0.2, -0.15) is 0 Å². The summed E-state index contributed by atoms with van der Waals surface area (Å²) in [7, 11) is -4.17. The van der Waals surface area contributed by atoms with Gasteiger partial charge in [-0.25, -0.2) is 8.42 Å². The first-order valence-corrected chi connectivity index (χ1v) is 14.0. The third-order valence-corrected chi connectivity index (χ3v) is 7.28. The molecule has 0 radical (unpaired) electrons. The molecule has 0 saturated carbocycles. The number of rotatable bonds is 22. The summed E-state index contributed by atoms with van der Waals surface area (Å²) in [6, 6.07) is 0. The van der Waals surface area contributed by atoms with E-state index in [2.05, 4.69) is 13.8 Å². The summed E-state index contributed by atoms with van der Waals surface area (Å²) in [4.78, 5) is 0. The van der Waals surface area contributed by atoms with Gasteiger partial charge in [0.2, 0.25) is 0 Å². The molecular formula is C24H49KO4S. The fraction of sp³-hybridized carbons (Fsp3) is 1.00. The molecule has 0 aliphatic heterocycles. The van der Waals surface area contributed by atoms with E-state index in [9.17, 15) is 18.1 Å². The molecule has 2 unspecified atom stereocenters. The van der Waals surface area contributed by atoms with Crippen molar-refractivity contribution in [1.29, 1.82) is 0 Å². The smallest absolute Gasteiger partial charge is 0.748 e. The molecule has 0 saturated heterocycles. The van der Waals surface area contributed by atoms with Crippen molar-refractivity contribution in [3.05, 3.63) is 0 Å². The van der Waals surface area contributed by atoms with Gasteiger partial charge < -0.3 is 9.66 Å². The molecule has 0 aromatic carbocycles. The second-order valence-electron chi connectivity index (χ2n) is 8.87. The molecule has 2 atom stereocenters. The monoisotopic (exact) mass is 472 g/mol. The van der Waals surface area contributed by atoms with Crippen molar-refractivity contribution >= 4 is 10.1 Å². The molecule has 176 valence electrons. The summed E-state index contributed by atoms with van der Waals surface area (Å²) in [5, 5.41) is 9.28. The predicted octanol–water partition coefficient (Wildman–Crippen LogP) is 4.11. The van der Waals surface area contributed by atoms with E-state index >= 15 is 0 Å². The zero-order valence-corrected chi connectivity index (χ0v) is 24.3. The Morgan fingerprint density at radius 1 is 0.600 bits per heavy atom. The molecule has 0 heterocycles. The van der Waals surface area contributed by atoms with Crippen LogP contribution in [0, 0.1) is 0 Å². The van der Waals surface area contributed by atoms with Crippen LogP contribution in [0.25, 0.3) is 0 Å². The van der Waals surface area contributed by atoms with Crippen molar-refractivity contribution in [3.8, 4) is 0 Å². The van der Waals surface area contributed by atoms with Crippen LogP contribution in [0.15, 0.2) is 0 Å². The SMILES string of the molecule is CCCCCCCCCC(CCCCCCCC(O)CCCCCC)S(=O)(=O)[O-].[K+]. The zero-order chi connectivity index (χ0) is 21.8. The third-order valence-electron chi connectivity index (χ3n) is 5.99. The van der Waals surface area contributed by atoms with Gasteiger partial charge in [-0.3, -0.25) is 0 Å². The minimum Gasteiger partial charge on any atom is -0.748 e. The quantitative estimate of drug-likeness (QED) is 0.146. The van der Waals surface area contributed by atoms with Gasteiger partial charge in [0.25, 0.3) is 0 Å². The minimum absolute atomic E-state index is 0. The van der Waals surface area contributed by atoms with E-state index in [1.54, 1.807) is 0 Å². The van der Waals surface area contributed by atoms with E-state index in [0.717, 1.165) is 70.6 Å². The average molecular weight is 473 g/mol. The van der Waals surface area contributed by atoms with E-state index in [-0.39, 0.29) is 57.5 Å². The summed E-state index contributed by atoms with van der Waals surface area (Å²) in [5.74, 6) is 0. The Morgan fingerprint density at radius 3 is 1.27 bits per heavy atom. The molecule has 30 heavy (non-hydrogen) atoms. The first-order chi connectivity index (χ1) is 13.9. The van der Waals surface area contributed by atoms with Crippen LogP contribution in [-0.4, -0.2) is 29.4 Å². The van der Waals surface area contributed by atoms with Crippen LogP contribution >= 0.6 is 0 Å². The Kier molecular flexibility index (Phi) is 26.6. The number of aliphatic hydroxyl groups is 1. The fourth-order valence-corrected chi connectivity index (χ4v) is 4.91. The van der Waals surface area contributed by atoms with Crippen molar-refractivity contribution in [3.63, 3.8) is 0 Å². The Hall–Kier alpha value is 1.51. The number of unbranched alkanes of at least 4 members (excludes halogenated alkanes) is 13. The van der Waals surface area contributed by atoms with Crippen LogP contribution in [-0.2, 0) is 10.1 Å². The van der Waals surface area contributed by atoms with Crippen LogP contribution < -0.4 is 51.4 Å². The molecule has 6 heteroatoms. The van der Waals surface area contributed by atoms with Gasteiger partial charge in [0.15, 0.2) is 0 Å². The molecule has 0 aliphatic carbocycles. The Labute approximate surface area is 230 Å². The zero-order valence-electron chi connectivity index (χ0n) is 20.4. The van der Waals surface area contributed by atoms with E-state index in [1.165, 1.54) is 44.9 Å². The normalized spacial score (nSPS) is 13.7. The maximum Gasteiger partial charge on any atom is 1.00 e. The van der Waals surface area contributed by atoms with Crippen molar-refractivity contribution in [2.75, 3.05) is 0 Å². The molecular weight excluding hydrogens is 423 g/mol. The van der Waals surface area contributed by atoms with Crippen molar-refractivity contribution < 1.29 is 69.5 Å². The maximum absolute atomic E-state index is 11.5. The molecule has 0 bridgehead atoms.